The lowest BCUT2D eigenvalue weighted by Gasteiger charge is -2.18. The molecule has 2 N–H and O–H groups in total. The van der Waals surface area contributed by atoms with Gasteiger partial charge in [0.1, 0.15) is 0 Å². The zero-order chi connectivity index (χ0) is 13.0. The van der Waals surface area contributed by atoms with Crippen molar-refractivity contribution in [2.45, 2.75) is 26.0 Å². The van der Waals surface area contributed by atoms with Crippen LogP contribution in [0, 0.1) is 6.92 Å². The average molecular weight is 252 g/mol. The molecule has 0 aliphatic carbocycles. The maximum Gasteiger partial charge on any atom is 0.226 e. The molecule has 1 fully saturated rings. The number of hydrogen-bond donors (Lipinski definition) is 2. The first-order valence-electron chi connectivity index (χ1n) is 6.21. The fourth-order valence-corrected chi connectivity index (χ4v) is 2.04. The van der Waals surface area contributed by atoms with Crippen LogP contribution in [0.1, 0.15) is 12.6 Å². The highest BCUT2D eigenvalue weighted by Crippen LogP contribution is 2.15. The third kappa shape index (κ3) is 3.08. The third-order valence-electron chi connectivity index (χ3n) is 2.90. The largest absolute Gasteiger partial charge is 0.478 e. The maximum atomic E-state index is 5.41. The summed E-state index contributed by atoms with van der Waals surface area (Å²) in [5.74, 6) is 1.20. The van der Waals surface area contributed by atoms with Gasteiger partial charge < -0.3 is 20.1 Å². The quantitative estimate of drug-likeness (QED) is 0.799. The number of hydrogen-bond acceptors (Lipinski definition) is 6. The van der Waals surface area contributed by atoms with Gasteiger partial charge in [0, 0.05) is 32.0 Å². The van der Waals surface area contributed by atoms with Gasteiger partial charge in [0.2, 0.25) is 11.8 Å². The molecule has 1 aliphatic heterocycles. The molecule has 6 nitrogen and oxygen atoms in total. The van der Waals surface area contributed by atoms with Gasteiger partial charge in [-0.25, -0.2) is 4.98 Å². The molecule has 0 radical (unpaired) electrons. The highest BCUT2D eigenvalue weighted by molar-refractivity contribution is 5.32. The molecule has 0 spiro atoms. The first-order chi connectivity index (χ1) is 8.72. The number of anilines is 1. The smallest absolute Gasteiger partial charge is 0.226 e. The summed E-state index contributed by atoms with van der Waals surface area (Å²) < 4.78 is 10.8. The van der Waals surface area contributed by atoms with Gasteiger partial charge in [-0.15, -0.1) is 0 Å². The zero-order valence-electron chi connectivity index (χ0n) is 11.1. The van der Waals surface area contributed by atoms with Gasteiger partial charge >= 0.3 is 0 Å². The SMILES string of the molecule is CCOc1cc(C)nc(NC2CNC[C@@H]2OC)n1. The molecule has 1 aromatic rings. The Morgan fingerprint density at radius 3 is 3.00 bits per heavy atom. The fraction of sp³-hybridized carbons (Fsp3) is 0.667. The van der Waals surface area contributed by atoms with Crippen LogP contribution < -0.4 is 15.4 Å². The van der Waals surface area contributed by atoms with Crippen molar-refractivity contribution in [2.75, 3.05) is 32.1 Å². The number of aromatic nitrogens is 2. The minimum Gasteiger partial charge on any atom is -0.478 e. The van der Waals surface area contributed by atoms with E-state index in [0.29, 0.717) is 18.4 Å². The van der Waals surface area contributed by atoms with Gasteiger partial charge in [0.05, 0.1) is 18.8 Å². The Morgan fingerprint density at radius 2 is 2.28 bits per heavy atom. The van der Waals surface area contributed by atoms with Crippen molar-refractivity contribution in [1.82, 2.24) is 15.3 Å². The highest BCUT2D eigenvalue weighted by Gasteiger charge is 2.27. The second-order valence-corrected chi connectivity index (χ2v) is 4.29. The van der Waals surface area contributed by atoms with E-state index in [9.17, 15) is 0 Å². The summed E-state index contributed by atoms with van der Waals surface area (Å²) >= 11 is 0. The lowest BCUT2D eigenvalue weighted by Crippen LogP contribution is -2.34. The van der Waals surface area contributed by atoms with Gasteiger partial charge in [0.15, 0.2) is 0 Å². The molecule has 1 aromatic heterocycles. The van der Waals surface area contributed by atoms with Gasteiger partial charge in [-0.3, -0.25) is 0 Å². The minimum absolute atomic E-state index is 0.143. The van der Waals surface area contributed by atoms with Crippen molar-refractivity contribution in [2.24, 2.45) is 0 Å². The van der Waals surface area contributed by atoms with E-state index in [0.717, 1.165) is 18.8 Å². The van der Waals surface area contributed by atoms with Gasteiger partial charge in [0.25, 0.3) is 0 Å². The van der Waals surface area contributed by atoms with Crippen molar-refractivity contribution in [3.63, 3.8) is 0 Å². The lowest BCUT2D eigenvalue weighted by molar-refractivity contribution is 0.111. The summed E-state index contributed by atoms with van der Waals surface area (Å²) in [6.07, 6.45) is 0.143. The van der Waals surface area contributed by atoms with E-state index in [-0.39, 0.29) is 12.1 Å². The van der Waals surface area contributed by atoms with E-state index in [1.165, 1.54) is 0 Å². The Labute approximate surface area is 107 Å². The Hall–Kier alpha value is -1.40. The molecule has 2 atom stereocenters. The number of aryl methyl sites for hydroxylation is 1. The first-order valence-corrected chi connectivity index (χ1v) is 6.21. The number of nitrogens with one attached hydrogen (secondary N) is 2. The summed E-state index contributed by atoms with van der Waals surface area (Å²) in [6.45, 7) is 6.15. The normalized spacial score (nSPS) is 23.1. The predicted molar refractivity (Wildman–Crippen MR) is 69.0 cm³/mol. The van der Waals surface area contributed by atoms with Crippen LogP contribution in [-0.4, -0.2) is 48.9 Å². The average Bonchev–Trinajstić information content (AvgIpc) is 2.76. The standard InChI is InChI=1S/C12H20N4O2/c1-4-18-11-5-8(2)14-12(16-11)15-9-6-13-7-10(9)17-3/h5,9-10,13H,4,6-7H2,1-3H3,(H,14,15,16)/t9?,10-/m0/s1. The number of rotatable bonds is 5. The van der Waals surface area contributed by atoms with Crippen LogP contribution in [-0.2, 0) is 4.74 Å². The van der Waals surface area contributed by atoms with Gasteiger partial charge in [-0.05, 0) is 13.8 Å². The molecule has 1 unspecified atom stereocenters. The summed E-state index contributed by atoms with van der Waals surface area (Å²) in [5, 5.41) is 6.57. The molecule has 6 heteroatoms. The van der Waals surface area contributed by atoms with Crippen LogP contribution in [0.5, 0.6) is 5.88 Å². The van der Waals surface area contributed by atoms with Crippen molar-refractivity contribution in [1.29, 1.82) is 0 Å². The first kappa shape index (κ1) is 13.0. The third-order valence-corrected chi connectivity index (χ3v) is 2.90. The van der Waals surface area contributed by atoms with Crippen molar-refractivity contribution in [3.8, 4) is 5.88 Å². The zero-order valence-corrected chi connectivity index (χ0v) is 11.1. The van der Waals surface area contributed by atoms with Gasteiger partial charge in [-0.2, -0.15) is 4.98 Å². The van der Waals surface area contributed by atoms with Crippen molar-refractivity contribution in [3.05, 3.63) is 11.8 Å². The van der Waals surface area contributed by atoms with Crippen LogP contribution in [0.3, 0.4) is 0 Å². The summed E-state index contributed by atoms with van der Waals surface area (Å²) in [5.41, 5.74) is 0.885. The Kier molecular flexibility index (Phi) is 4.33. The van der Waals surface area contributed by atoms with Crippen LogP contribution in [0.15, 0.2) is 6.07 Å². The topological polar surface area (TPSA) is 68.3 Å². The van der Waals surface area contributed by atoms with E-state index < -0.39 is 0 Å². The highest BCUT2D eigenvalue weighted by atomic mass is 16.5. The minimum atomic E-state index is 0.143. The van der Waals surface area contributed by atoms with E-state index in [1.54, 1.807) is 7.11 Å². The molecular formula is C12H20N4O2. The molecule has 18 heavy (non-hydrogen) atoms. The molecule has 2 heterocycles. The van der Waals surface area contributed by atoms with Crippen LogP contribution in [0.25, 0.3) is 0 Å². The summed E-state index contributed by atoms with van der Waals surface area (Å²) in [6, 6.07) is 2.02. The fourth-order valence-electron chi connectivity index (χ4n) is 2.04. The Balaban J connectivity index is 2.08. The van der Waals surface area contributed by atoms with Crippen molar-refractivity contribution >= 4 is 5.95 Å². The van der Waals surface area contributed by atoms with Crippen LogP contribution in [0.4, 0.5) is 5.95 Å². The number of ether oxygens (including phenoxy) is 2. The molecule has 0 amide bonds. The van der Waals surface area contributed by atoms with E-state index in [2.05, 4.69) is 20.6 Å². The Morgan fingerprint density at radius 1 is 1.44 bits per heavy atom. The summed E-state index contributed by atoms with van der Waals surface area (Å²) in [7, 11) is 1.72. The van der Waals surface area contributed by atoms with E-state index in [4.69, 9.17) is 9.47 Å². The molecule has 1 aliphatic rings. The van der Waals surface area contributed by atoms with E-state index >= 15 is 0 Å². The monoisotopic (exact) mass is 252 g/mol. The Bertz CT molecular complexity index is 400. The lowest BCUT2D eigenvalue weighted by atomic mass is 10.2. The molecule has 0 bridgehead atoms. The van der Waals surface area contributed by atoms with Gasteiger partial charge in [-0.1, -0.05) is 0 Å². The number of methoxy groups -OCH3 is 1. The van der Waals surface area contributed by atoms with Crippen molar-refractivity contribution < 1.29 is 9.47 Å². The second-order valence-electron chi connectivity index (χ2n) is 4.29. The second kappa shape index (κ2) is 5.97. The molecule has 100 valence electrons. The molecule has 0 saturated carbocycles. The predicted octanol–water partition coefficient (Wildman–Crippen LogP) is 0.582. The number of nitrogens with zero attached hydrogens (tertiary/aromatic N) is 2. The molecule has 1 saturated heterocycles. The molecule has 0 aromatic carbocycles. The molecule has 2 rings (SSSR count). The van der Waals surface area contributed by atoms with E-state index in [1.807, 2.05) is 19.9 Å². The maximum absolute atomic E-state index is 5.41. The molecular weight excluding hydrogens is 232 g/mol. The van der Waals surface area contributed by atoms with Crippen LogP contribution in [0.2, 0.25) is 0 Å². The summed E-state index contributed by atoms with van der Waals surface area (Å²) in [4.78, 5) is 8.69. The van der Waals surface area contributed by atoms with Crippen LogP contribution >= 0.6 is 0 Å².